The van der Waals surface area contributed by atoms with Gasteiger partial charge in [0, 0.05) is 13.2 Å². The van der Waals surface area contributed by atoms with Gasteiger partial charge in [-0.25, -0.2) is 0 Å². The number of halogens is 1. The van der Waals surface area contributed by atoms with Gasteiger partial charge in [0.2, 0.25) is 0 Å². The highest BCUT2D eigenvalue weighted by atomic mass is 79.9. The SMILES string of the molecule is Cn1cc(C#N)cc1C(=O)CBr. The number of aryl methyl sites for hydroxylation is 1. The van der Waals surface area contributed by atoms with Gasteiger partial charge in [0.15, 0.2) is 5.78 Å². The first-order valence-corrected chi connectivity index (χ1v) is 4.47. The molecule has 1 aromatic rings. The van der Waals surface area contributed by atoms with E-state index in [1.807, 2.05) is 6.07 Å². The van der Waals surface area contributed by atoms with Crippen molar-refractivity contribution in [1.29, 1.82) is 5.26 Å². The summed E-state index contributed by atoms with van der Waals surface area (Å²) in [7, 11) is 1.75. The summed E-state index contributed by atoms with van der Waals surface area (Å²) in [5.41, 5.74) is 1.07. The van der Waals surface area contributed by atoms with Crippen LogP contribution in [0.15, 0.2) is 12.3 Å². The van der Waals surface area contributed by atoms with Gasteiger partial charge in [0.1, 0.15) is 6.07 Å². The van der Waals surface area contributed by atoms with Crippen molar-refractivity contribution in [3.8, 4) is 6.07 Å². The first-order chi connectivity index (χ1) is 5.69. The van der Waals surface area contributed by atoms with Crippen LogP contribution in [0.3, 0.4) is 0 Å². The number of Topliss-reactive ketones (excluding diaryl/α,β-unsaturated/α-hetero) is 1. The standard InChI is InChI=1S/C8H7BrN2O/c1-11-5-6(4-10)2-7(11)8(12)3-9/h2,5H,3H2,1H3. The molecule has 0 spiro atoms. The van der Waals surface area contributed by atoms with Crippen molar-refractivity contribution in [2.75, 3.05) is 5.33 Å². The Bertz CT molecular complexity index is 348. The molecule has 12 heavy (non-hydrogen) atoms. The lowest BCUT2D eigenvalue weighted by atomic mass is 10.3. The molecule has 3 nitrogen and oxygen atoms in total. The number of alkyl halides is 1. The zero-order valence-electron chi connectivity index (χ0n) is 6.54. The second-order valence-electron chi connectivity index (χ2n) is 2.39. The van der Waals surface area contributed by atoms with Crippen LogP contribution in [0.1, 0.15) is 16.1 Å². The van der Waals surface area contributed by atoms with Crippen molar-refractivity contribution in [2.45, 2.75) is 0 Å². The number of aromatic nitrogens is 1. The Labute approximate surface area is 78.7 Å². The molecule has 0 radical (unpaired) electrons. The molecule has 0 amide bonds. The first-order valence-electron chi connectivity index (χ1n) is 3.34. The molecule has 0 unspecified atom stereocenters. The van der Waals surface area contributed by atoms with Crippen molar-refractivity contribution in [2.24, 2.45) is 7.05 Å². The van der Waals surface area contributed by atoms with E-state index in [1.165, 1.54) is 0 Å². The Balaban J connectivity index is 3.10. The number of nitriles is 1. The van der Waals surface area contributed by atoms with Crippen LogP contribution in [0.4, 0.5) is 0 Å². The summed E-state index contributed by atoms with van der Waals surface area (Å²) in [6.07, 6.45) is 1.63. The molecule has 0 saturated heterocycles. The second kappa shape index (κ2) is 3.55. The van der Waals surface area contributed by atoms with Crippen LogP contribution < -0.4 is 0 Å². The monoisotopic (exact) mass is 226 g/mol. The van der Waals surface area contributed by atoms with E-state index in [4.69, 9.17) is 5.26 Å². The summed E-state index contributed by atoms with van der Waals surface area (Å²) in [6.45, 7) is 0. The minimum Gasteiger partial charge on any atom is -0.347 e. The maximum atomic E-state index is 11.2. The van der Waals surface area contributed by atoms with E-state index in [0.29, 0.717) is 11.3 Å². The van der Waals surface area contributed by atoms with Crippen LogP contribution in [-0.4, -0.2) is 15.7 Å². The summed E-state index contributed by atoms with van der Waals surface area (Å²) in [5, 5.41) is 8.83. The highest BCUT2D eigenvalue weighted by Crippen LogP contribution is 2.07. The lowest BCUT2D eigenvalue weighted by molar-refractivity contribution is 0.101. The van der Waals surface area contributed by atoms with Crippen LogP contribution >= 0.6 is 15.9 Å². The quantitative estimate of drug-likeness (QED) is 0.567. The molecule has 4 heteroatoms. The molecule has 0 aromatic carbocycles. The molecule has 0 fully saturated rings. The van der Waals surface area contributed by atoms with Gasteiger partial charge in [-0.15, -0.1) is 0 Å². The fourth-order valence-electron chi connectivity index (χ4n) is 0.971. The smallest absolute Gasteiger partial charge is 0.189 e. The fourth-order valence-corrected chi connectivity index (χ4v) is 1.26. The Hall–Kier alpha value is -1.08. The Morgan fingerprint density at radius 1 is 1.83 bits per heavy atom. The van der Waals surface area contributed by atoms with Crippen LogP contribution in [0.5, 0.6) is 0 Å². The van der Waals surface area contributed by atoms with Crippen molar-refractivity contribution >= 4 is 21.7 Å². The van der Waals surface area contributed by atoms with E-state index in [2.05, 4.69) is 15.9 Å². The van der Waals surface area contributed by atoms with Gasteiger partial charge in [0.05, 0.1) is 16.6 Å². The third-order valence-electron chi connectivity index (χ3n) is 1.54. The number of rotatable bonds is 2. The maximum Gasteiger partial charge on any atom is 0.189 e. The minimum absolute atomic E-state index is 0.0148. The maximum absolute atomic E-state index is 11.2. The van der Waals surface area contributed by atoms with Gasteiger partial charge in [-0.2, -0.15) is 5.26 Å². The van der Waals surface area contributed by atoms with Gasteiger partial charge >= 0.3 is 0 Å². The van der Waals surface area contributed by atoms with Crippen molar-refractivity contribution in [3.05, 3.63) is 23.5 Å². The van der Waals surface area contributed by atoms with E-state index in [9.17, 15) is 4.79 Å². The van der Waals surface area contributed by atoms with E-state index < -0.39 is 0 Å². The highest BCUT2D eigenvalue weighted by Gasteiger charge is 2.09. The number of hydrogen-bond acceptors (Lipinski definition) is 2. The van der Waals surface area contributed by atoms with Gasteiger partial charge in [-0.1, -0.05) is 15.9 Å². The van der Waals surface area contributed by atoms with Gasteiger partial charge in [-0.3, -0.25) is 4.79 Å². The number of nitrogens with zero attached hydrogens (tertiary/aromatic N) is 2. The summed E-state index contributed by atoms with van der Waals surface area (Å²) in [5.74, 6) is -0.0148. The normalized spacial score (nSPS) is 9.42. The summed E-state index contributed by atoms with van der Waals surface area (Å²) in [6, 6.07) is 3.57. The highest BCUT2D eigenvalue weighted by molar-refractivity contribution is 9.09. The second-order valence-corrected chi connectivity index (χ2v) is 2.95. The van der Waals surface area contributed by atoms with Gasteiger partial charge in [-0.05, 0) is 6.07 Å². The molecule has 0 N–H and O–H groups in total. The van der Waals surface area contributed by atoms with E-state index >= 15 is 0 Å². The lowest BCUT2D eigenvalue weighted by Gasteiger charge is -1.96. The molecule has 62 valence electrons. The van der Waals surface area contributed by atoms with Crippen molar-refractivity contribution in [3.63, 3.8) is 0 Å². The van der Waals surface area contributed by atoms with Crippen LogP contribution in [0.25, 0.3) is 0 Å². The zero-order chi connectivity index (χ0) is 9.14. The minimum atomic E-state index is -0.0148. The molecule has 1 rings (SSSR count). The Morgan fingerprint density at radius 3 is 2.92 bits per heavy atom. The van der Waals surface area contributed by atoms with Crippen LogP contribution in [0.2, 0.25) is 0 Å². The lowest BCUT2D eigenvalue weighted by Crippen LogP contribution is -2.05. The van der Waals surface area contributed by atoms with Crippen LogP contribution in [-0.2, 0) is 7.05 Å². The van der Waals surface area contributed by atoms with Crippen molar-refractivity contribution in [1.82, 2.24) is 4.57 Å². The summed E-state index contributed by atoms with van der Waals surface area (Å²) >= 11 is 3.07. The third-order valence-corrected chi connectivity index (χ3v) is 2.05. The van der Waals surface area contributed by atoms with Crippen molar-refractivity contribution < 1.29 is 4.79 Å². The summed E-state index contributed by atoms with van der Waals surface area (Å²) in [4.78, 5) is 11.2. The molecule has 0 aliphatic heterocycles. The Morgan fingerprint density at radius 2 is 2.50 bits per heavy atom. The molecule has 1 aromatic heterocycles. The number of hydrogen-bond donors (Lipinski definition) is 0. The Kier molecular flexibility index (Phi) is 2.66. The zero-order valence-corrected chi connectivity index (χ0v) is 8.13. The number of ketones is 1. The predicted octanol–water partition coefficient (Wildman–Crippen LogP) is 1.47. The van der Waals surface area contributed by atoms with E-state index in [1.54, 1.807) is 23.9 Å². The third kappa shape index (κ3) is 1.56. The fraction of sp³-hybridized carbons (Fsp3) is 0.250. The molecule has 0 saturated carbocycles. The van der Waals surface area contributed by atoms with Gasteiger partial charge < -0.3 is 4.57 Å². The topological polar surface area (TPSA) is 45.8 Å². The van der Waals surface area contributed by atoms with Gasteiger partial charge in [0.25, 0.3) is 0 Å². The largest absolute Gasteiger partial charge is 0.347 e. The molecule has 1 heterocycles. The molecule has 0 aliphatic carbocycles. The summed E-state index contributed by atoms with van der Waals surface area (Å²) < 4.78 is 1.65. The molecular weight excluding hydrogens is 220 g/mol. The molecule has 0 bridgehead atoms. The first kappa shape index (κ1) is 9.01. The molecular formula is C8H7BrN2O. The average Bonchev–Trinajstić information content (AvgIpc) is 2.45. The van der Waals surface area contributed by atoms with E-state index in [-0.39, 0.29) is 11.1 Å². The molecule has 0 atom stereocenters. The van der Waals surface area contributed by atoms with Crippen LogP contribution in [0, 0.1) is 11.3 Å². The number of carbonyl (C=O) groups excluding carboxylic acids is 1. The average molecular weight is 227 g/mol. The number of carbonyl (C=O) groups is 1. The predicted molar refractivity (Wildman–Crippen MR) is 48.3 cm³/mol. The van der Waals surface area contributed by atoms with E-state index in [0.717, 1.165) is 0 Å². The molecule has 0 aliphatic rings.